The van der Waals surface area contributed by atoms with Crippen LogP contribution in [0, 0.1) is 11.3 Å². The molecule has 1 N–H and O–H groups in total. The lowest BCUT2D eigenvalue weighted by molar-refractivity contribution is 0.176. The van der Waals surface area contributed by atoms with Crippen molar-refractivity contribution in [2.75, 3.05) is 5.32 Å². The van der Waals surface area contributed by atoms with Gasteiger partial charge in [0, 0.05) is 6.04 Å². The quantitative estimate of drug-likeness (QED) is 0.825. The molecule has 20 heavy (non-hydrogen) atoms. The maximum atomic E-state index is 5.90. The van der Waals surface area contributed by atoms with Crippen LogP contribution in [0.5, 0.6) is 5.75 Å². The van der Waals surface area contributed by atoms with Crippen LogP contribution in [0.4, 0.5) is 5.69 Å². The minimum absolute atomic E-state index is 0.209. The summed E-state index contributed by atoms with van der Waals surface area (Å²) in [5.74, 6) is 1.67. The Morgan fingerprint density at radius 3 is 2.60 bits per heavy atom. The molecule has 2 atom stereocenters. The van der Waals surface area contributed by atoms with E-state index in [2.05, 4.69) is 58.1 Å². The van der Waals surface area contributed by atoms with Gasteiger partial charge in [-0.3, -0.25) is 0 Å². The summed E-state index contributed by atoms with van der Waals surface area (Å²) in [5, 5.41) is 3.72. The molecule has 1 aliphatic rings. The molecule has 0 bridgehead atoms. The van der Waals surface area contributed by atoms with Crippen LogP contribution in [0.25, 0.3) is 0 Å². The molecule has 0 heterocycles. The maximum absolute atomic E-state index is 5.90. The third kappa shape index (κ3) is 3.91. The Morgan fingerprint density at radius 2 is 1.95 bits per heavy atom. The normalized spacial score (nSPS) is 25.5. The monoisotopic (exact) mass is 275 g/mol. The standard InChI is InChI=1S/C18H29NO/c1-13(2)20-17-9-7-6-8-16(17)19-15-10-11-18(4,5)12-14(15)3/h6-9,13-15,19H,10-12H2,1-5H3. The van der Waals surface area contributed by atoms with Gasteiger partial charge in [-0.05, 0) is 56.6 Å². The fourth-order valence-electron chi connectivity index (χ4n) is 3.30. The lowest BCUT2D eigenvalue weighted by Gasteiger charge is -2.40. The molecule has 2 rings (SSSR count). The van der Waals surface area contributed by atoms with Gasteiger partial charge in [0.25, 0.3) is 0 Å². The number of hydrogen-bond donors (Lipinski definition) is 1. The van der Waals surface area contributed by atoms with E-state index in [1.54, 1.807) is 0 Å². The van der Waals surface area contributed by atoms with E-state index in [1.165, 1.54) is 19.3 Å². The molecule has 2 unspecified atom stereocenters. The summed E-state index contributed by atoms with van der Waals surface area (Å²) in [5.41, 5.74) is 1.63. The second-order valence-corrected chi connectivity index (χ2v) is 7.30. The first-order valence-corrected chi connectivity index (χ1v) is 7.89. The molecule has 1 fully saturated rings. The van der Waals surface area contributed by atoms with Crippen LogP contribution in [0.1, 0.15) is 53.9 Å². The van der Waals surface area contributed by atoms with Crippen molar-refractivity contribution in [1.82, 2.24) is 0 Å². The van der Waals surface area contributed by atoms with Crippen molar-refractivity contribution >= 4 is 5.69 Å². The zero-order valence-corrected chi connectivity index (χ0v) is 13.6. The van der Waals surface area contributed by atoms with Crippen LogP contribution in [0.3, 0.4) is 0 Å². The van der Waals surface area contributed by atoms with Gasteiger partial charge in [-0.15, -0.1) is 0 Å². The number of nitrogens with one attached hydrogen (secondary N) is 1. The van der Waals surface area contributed by atoms with E-state index < -0.39 is 0 Å². The number of hydrogen-bond acceptors (Lipinski definition) is 2. The first-order chi connectivity index (χ1) is 9.37. The third-order valence-electron chi connectivity index (χ3n) is 4.28. The van der Waals surface area contributed by atoms with Gasteiger partial charge in [-0.25, -0.2) is 0 Å². The Morgan fingerprint density at radius 1 is 1.25 bits per heavy atom. The van der Waals surface area contributed by atoms with Crippen molar-refractivity contribution in [3.8, 4) is 5.75 Å². The minimum atomic E-state index is 0.209. The van der Waals surface area contributed by atoms with E-state index in [0.717, 1.165) is 11.4 Å². The van der Waals surface area contributed by atoms with Gasteiger partial charge < -0.3 is 10.1 Å². The molecule has 0 aromatic heterocycles. The summed E-state index contributed by atoms with van der Waals surface area (Å²) in [6, 6.07) is 8.85. The van der Waals surface area contributed by atoms with Gasteiger partial charge in [0.2, 0.25) is 0 Å². The highest BCUT2D eigenvalue weighted by Crippen LogP contribution is 2.40. The van der Waals surface area contributed by atoms with E-state index in [-0.39, 0.29) is 6.10 Å². The second-order valence-electron chi connectivity index (χ2n) is 7.30. The first-order valence-electron chi connectivity index (χ1n) is 7.89. The molecule has 0 saturated heterocycles. The zero-order chi connectivity index (χ0) is 14.8. The maximum Gasteiger partial charge on any atom is 0.142 e. The Hall–Kier alpha value is -1.18. The lowest BCUT2D eigenvalue weighted by Crippen LogP contribution is -2.37. The topological polar surface area (TPSA) is 21.3 Å². The van der Waals surface area contributed by atoms with Crippen molar-refractivity contribution < 1.29 is 4.74 Å². The molecular formula is C18H29NO. The number of ether oxygens (including phenoxy) is 1. The Labute approximate surface area is 123 Å². The number of para-hydroxylation sites is 2. The van der Waals surface area contributed by atoms with Gasteiger partial charge in [-0.1, -0.05) is 32.9 Å². The van der Waals surface area contributed by atoms with Crippen molar-refractivity contribution in [2.24, 2.45) is 11.3 Å². The van der Waals surface area contributed by atoms with Gasteiger partial charge in [-0.2, -0.15) is 0 Å². The summed E-state index contributed by atoms with van der Waals surface area (Å²) >= 11 is 0. The fraction of sp³-hybridized carbons (Fsp3) is 0.667. The smallest absolute Gasteiger partial charge is 0.142 e. The van der Waals surface area contributed by atoms with Crippen molar-refractivity contribution in [2.45, 2.75) is 66.0 Å². The van der Waals surface area contributed by atoms with Crippen molar-refractivity contribution in [3.05, 3.63) is 24.3 Å². The van der Waals surface area contributed by atoms with Crippen LogP contribution in [0.15, 0.2) is 24.3 Å². The van der Waals surface area contributed by atoms with Gasteiger partial charge in [0.1, 0.15) is 5.75 Å². The van der Waals surface area contributed by atoms with Crippen LogP contribution >= 0.6 is 0 Å². The summed E-state index contributed by atoms with van der Waals surface area (Å²) in [4.78, 5) is 0. The van der Waals surface area contributed by atoms with E-state index in [0.29, 0.717) is 17.4 Å². The molecular weight excluding hydrogens is 246 g/mol. The van der Waals surface area contributed by atoms with Gasteiger partial charge in [0.05, 0.1) is 11.8 Å². The Kier molecular flexibility index (Phi) is 4.62. The first kappa shape index (κ1) is 15.2. The molecule has 1 aromatic rings. The van der Waals surface area contributed by atoms with Crippen LogP contribution in [0.2, 0.25) is 0 Å². The highest BCUT2D eigenvalue weighted by Gasteiger charge is 2.32. The predicted molar refractivity (Wildman–Crippen MR) is 86.4 cm³/mol. The van der Waals surface area contributed by atoms with Crippen molar-refractivity contribution in [3.63, 3.8) is 0 Å². The van der Waals surface area contributed by atoms with E-state index in [1.807, 2.05) is 6.07 Å². The highest BCUT2D eigenvalue weighted by molar-refractivity contribution is 5.57. The summed E-state index contributed by atoms with van der Waals surface area (Å²) in [6.07, 6.45) is 4.03. The third-order valence-corrected chi connectivity index (χ3v) is 4.28. The molecule has 0 aliphatic heterocycles. The minimum Gasteiger partial charge on any atom is -0.489 e. The molecule has 0 amide bonds. The second kappa shape index (κ2) is 6.07. The summed E-state index contributed by atoms with van der Waals surface area (Å²) < 4.78 is 5.90. The van der Waals surface area contributed by atoms with Crippen LogP contribution < -0.4 is 10.1 Å². The average molecular weight is 275 g/mol. The Balaban J connectivity index is 2.07. The SMILES string of the molecule is CC(C)Oc1ccccc1NC1CCC(C)(C)CC1C. The van der Waals surface area contributed by atoms with E-state index >= 15 is 0 Å². The molecule has 1 saturated carbocycles. The molecule has 1 aromatic carbocycles. The molecule has 1 aliphatic carbocycles. The van der Waals surface area contributed by atoms with Gasteiger partial charge in [0.15, 0.2) is 0 Å². The zero-order valence-electron chi connectivity index (χ0n) is 13.6. The molecule has 2 nitrogen and oxygen atoms in total. The van der Waals surface area contributed by atoms with E-state index in [9.17, 15) is 0 Å². The number of rotatable bonds is 4. The lowest BCUT2D eigenvalue weighted by atomic mass is 9.70. The predicted octanol–water partition coefficient (Wildman–Crippen LogP) is 5.10. The molecule has 112 valence electrons. The van der Waals surface area contributed by atoms with E-state index in [4.69, 9.17) is 4.74 Å². The molecule has 0 spiro atoms. The van der Waals surface area contributed by atoms with Gasteiger partial charge >= 0.3 is 0 Å². The average Bonchev–Trinajstić information content (AvgIpc) is 2.33. The molecule has 2 heteroatoms. The van der Waals surface area contributed by atoms with Crippen LogP contribution in [-0.4, -0.2) is 12.1 Å². The summed E-state index contributed by atoms with van der Waals surface area (Å²) in [6.45, 7) is 11.3. The van der Waals surface area contributed by atoms with Crippen LogP contribution in [-0.2, 0) is 0 Å². The number of benzene rings is 1. The highest BCUT2D eigenvalue weighted by atomic mass is 16.5. The summed E-state index contributed by atoms with van der Waals surface area (Å²) in [7, 11) is 0. The van der Waals surface area contributed by atoms with Crippen molar-refractivity contribution in [1.29, 1.82) is 0 Å². The Bertz CT molecular complexity index is 439. The largest absolute Gasteiger partial charge is 0.489 e. The molecule has 0 radical (unpaired) electrons. The fourth-order valence-corrected chi connectivity index (χ4v) is 3.30. The number of anilines is 1.